The number of nitriles is 1. The van der Waals surface area contributed by atoms with Crippen LogP contribution in [0.5, 0.6) is 11.5 Å². The maximum atomic E-state index is 12.6. The van der Waals surface area contributed by atoms with E-state index in [2.05, 4.69) is 0 Å². The number of esters is 1. The van der Waals surface area contributed by atoms with Crippen molar-refractivity contribution in [2.24, 2.45) is 5.73 Å². The standard InChI is InChI=1S/C23H12Cl3N3O5/c24-16-7-4-11(29(31)32)8-14(16)23(30)33-12-5-6-13-19(9-12)34-22(28)15(10-27)20(13)21-17(25)2-1-3-18(21)26/h1-9,20H,28H2. The van der Waals surface area contributed by atoms with Gasteiger partial charge in [-0.2, -0.15) is 5.26 Å². The molecule has 11 heteroatoms. The predicted octanol–water partition coefficient (Wildman–Crippen LogP) is 5.99. The molecular formula is C23H12Cl3N3O5. The van der Waals surface area contributed by atoms with Gasteiger partial charge in [0.2, 0.25) is 5.88 Å². The van der Waals surface area contributed by atoms with Crippen LogP contribution in [0.3, 0.4) is 0 Å². The largest absolute Gasteiger partial charge is 0.440 e. The van der Waals surface area contributed by atoms with Gasteiger partial charge in [-0.1, -0.05) is 46.9 Å². The molecule has 4 rings (SSSR count). The number of nitro groups is 1. The van der Waals surface area contributed by atoms with Gasteiger partial charge >= 0.3 is 5.97 Å². The fourth-order valence-electron chi connectivity index (χ4n) is 3.53. The Morgan fingerprint density at radius 3 is 2.44 bits per heavy atom. The Kier molecular flexibility index (Phi) is 6.35. The van der Waals surface area contributed by atoms with Gasteiger partial charge in [0.25, 0.3) is 5.69 Å². The van der Waals surface area contributed by atoms with Gasteiger partial charge in [-0.05, 0) is 24.3 Å². The van der Waals surface area contributed by atoms with Crippen molar-refractivity contribution in [1.29, 1.82) is 5.26 Å². The Bertz CT molecular complexity index is 1410. The fourth-order valence-corrected chi connectivity index (χ4v) is 4.34. The fraction of sp³-hybridized carbons (Fsp3) is 0.0435. The molecule has 1 aliphatic heterocycles. The average Bonchev–Trinajstić information content (AvgIpc) is 2.78. The third kappa shape index (κ3) is 4.24. The predicted molar refractivity (Wildman–Crippen MR) is 125 cm³/mol. The first-order valence-corrected chi connectivity index (χ1v) is 10.7. The Hall–Kier alpha value is -3.77. The minimum absolute atomic E-state index is 0.0101. The summed E-state index contributed by atoms with van der Waals surface area (Å²) in [5.74, 6) is -1.50. The van der Waals surface area contributed by atoms with E-state index in [9.17, 15) is 20.2 Å². The second kappa shape index (κ2) is 9.23. The number of non-ortho nitro benzene ring substituents is 1. The van der Waals surface area contributed by atoms with E-state index in [1.54, 1.807) is 24.3 Å². The number of nitrogens with two attached hydrogens (primary N) is 1. The lowest BCUT2D eigenvalue weighted by molar-refractivity contribution is -0.384. The highest BCUT2D eigenvalue weighted by molar-refractivity contribution is 6.36. The van der Waals surface area contributed by atoms with Gasteiger partial charge in [0, 0.05) is 39.4 Å². The van der Waals surface area contributed by atoms with Crippen LogP contribution < -0.4 is 15.2 Å². The van der Waals surface area contributed by atoms with Crippen molar-refractivity contribution in [2.75, 3.05) is 0 Å². The first-order chi connectivity index (χ1) is 16.2. The van der Waals surface area contributed by atoms with Crippen molar-refractivity contribution in [2.45, 2.75) is 5.92 Å². The van der Waals surface area contributed by atoms with Crippen LogP contribution in [0.1, 0.15) is 27.4 Å². The summed E-state index contributed by atoms with van der Waals surface area (Å²) in [7, 11) is 0. The van der Waals surface area contributed by atoms with Gasteiger partial charge in [-0.3, -0.25) is 10.1 Å². The third-order valence-corrected chi connectivity index (χ3v) is 6.06. The maximum Gasteiger partial charge on any atom is 0.345 e. The van der Waals surface area contributed by atoms with Crippen LogP contribution in [-0.4, -0.2) is 10.9 Å². The van der Waals surface area contributed by atoms with Gasteiger partial charge in [-0.25, -0.2) is 4.79 Å². The number of rotatable bonds is 4. The molecule has 0 saturated heterocycles. The number of ether oxygens (including phenoxy) is 2. The number of halogens is 3. The minimum atomic E-state index is -0.906. The first-order valence-electron chi connectivity index (χ1n) is 9.52. The van der Waals surface area contributed by atoms with E-state index in [0.29, 0.717) is 21.2 Å². The summed E-state index contributed by atoms with van der Waals surface area (Å²) in [5.41, 5.74) is 6.62. The number of nitro benzene ring substituents is 1. The van der Waals surface area contributed by atoms with Crippen molar-refractivity contribution >= 4 is 46.5 Å². The molecule has 1 atom stereocenters. The van der Waals surface area contributed by atoms with Crippen LogP contribution in [0, 0.1) is 21.4 Å². The molecule has 0 aromatic heterocycles. The number of benzene rings is 3. The molecule has 2 N–H and O–H groups in total. The van der Waals surface area contributed by atoms with Crippen molar-refractivity contribution in [3.8, 4) is 17.6 Å². The van der Waals surface area contributed by atoms with Crippen LogP contribution in [0.25, 0.3) is 0 Å². The molecule has 0 amide bonds. The Morgan fingerprint density at radius 1 is 1.09 bits per heavy atom. The number of carbonyl (C=O) groups is 1. The molecule has 8 nitrogen and oxygen atoms in total. The van der Waals surface area contributed by atoms with E-state index in [-0.39, 0.29) is 39.2 Å². The van der Waals surface area contributed by atoms with E-state index >= 15 is 0 Å². The summed E-state index contributed by atoms with van der Waals surface area (Å²) >= 11 is 18.8. The zero-order valence-corrected chi connectivity index (χ0v) is 19.2. The molecule has 1 aliphatic rings. The zero-order chi connectivity index (χ0) is 24.6. The minimum Gasteiger partial charge on any atom is -0.440 e. The second-order valence-corrected chi connectivity index (χ2v) is 8.29. The van der Waals surface area contributed by atoms with Crippen LogP contribution in [0.15, 0.2) is 66.1 Å². The molecule has 1 heterocycles. The van der Waals surface area contributed by atoms with Crippen LogP contribution >= 0.6 is 34.8 Å². The Labute approximate surface area is 207 Å². The number of allylic oxidation sites excluding steroid dienone is 1. The molecule has 0 bridgehead atoms. The molecule has 170 valence electrons. The monoisotopic (exact) mass is 515 g/mol. The van der Waals surface area contributed by atoms with Crippen molar-refractivity contribution < 1.29 is 19.2 Å². The zero-order valence-electron chi connectivity index (χ0n) is 16.9. The number of hydrogen-bond donors (Lipinski definition) is 1. The first kappa shape index (κ1) is 23.4. The Morgan fingerprint density at radius 2 is 1.79 bits per heavy atom. The summed E-state index contributed by atoms with van der Waals surface area (Å²) in [4.78, 5) is 23.0. The summed E-state index contributed by atoms with van der Waals surface area (Å²) in [6.07, 6.45) is 0. The molecule has 0 fully saturated rings. The Balaban J connectivity index is 1.73. The van der Waals surface area contributed by atoms with Crippen LogP contribution in [-0.2, 0) is 0 Å². The molecule has 0 spiro atoms. The normalized spacial score (nSPS) is 14.6. The highest BCUT2D eigenvalue weighted by Crippen LogP contribution is 2.47. The summed E-state index contributed by atoms with van der Waals surface area (Å²) < 4.78 is 11.0. The van der Waals surface area contributed by atoms with Crippen molar-refractivity contribution in [3.05, 3.63) is 108 Å². The van der Waals surface area contributed by atoms with E-state index < -0.39 is 16.8 Å². The van der Waals surface area contributed by atoms with Gasteiger partial charge < -0.3 is 15.2 Å². The van der Waals surface area contributed by atoms with E-state index in [4.69, 9.17) is 50.0 Å². The van der Waals surface area contributed by atoms with E-state index in [1.165, 1.54) is 24.3 Å². The molecule has 3 aromatic rings. The summed E-state index contributed by atoms with van der Waals surface area (Å²) in [6, 6.07) is 14.9. The van der Waals surface area contributed by atoms with Gasteiger partial charge in [0.1, 0.15) is 23.1 Å². The van der Waals surface area contributed by atoms with E-state index in [1.807, 2.05) is 6.07 Å². The quantitative estimate of drug-likeness (QED) is 0.195. The number of carbonyl (C=O) groups excluding carboxylic acids is 1. The molecule has 0 saturated carbocycles. The second-order valence-electron chi connectivity index (χ2n) is 7.07. The van der Waals surface area contributed by atoms with Gasteiger partial charge in [0.15, 0.2) is 0 Å². The smallest absolute Gasteiger partial charge is 0.345 e. The number of fused-ring (bicyclic) bond motifs is 1. The number of hydrogen-bond acceptors (Lipinski definition) is 7. The molecule has 0 aliphatic carbocycles. The lowest BCUT2D eigenvalue weighted by atomic mass is 9.83. The van der Waals surface area contributed by atoms with Gasteiger partial charge in [0.05, 0.1) is 21.4 Å². The molecule has 1 unspecified atom stereocenters. The SMILES string of the molecule is N#CC1=C(N)Oc2cc(OC(=O)c3cc([N+](=O)[O-])ccc3Cl)ccc2C1c1c(Cl)cccc1Cl. The van der Waals surface area contributed by atoms with Crippen molar-refractivity contribution in [3.63, 3.8) is 0 Å². The average molecular weight is 517 g/mol. The van der Waals surface area contributed by atoms with Crippen LogP contribution in [0.4, 0.5) is 5.69 Å². The summed E-state index contributed by atoms with van der Waals surface area (Å²) in [5, 5.41) is 21.4. The third-order valence-electron chi connectivity index (χ3n) is 5.07. The molecule has 3 aromatic carbocycles. The highest BCUT2D eigenvalue weighted by atomic mass is 35.5. The lowest BCUT2D eigenvalue weighted by Gasteiger charge is -2.27. The maximum absolute atomic E-state index is 12.6. The highest BCUT2D eigenvalue weighted by Gasteiger charge is 2.33. The lowest BCUT2D eigenvalue weighted by Crippen LogP contribution is -2.21. The van der Waals surface area contributed by atoms with E-state index in [0.717, 1.165) is 6.07 Å². The van der Waals surface area contributed by atoms with Crippen molar-refractivity contribution in [1.82, 2.24) is 0 Å². The molecule has 0 radical (unpaired) electrons. The number of nitrogens with zero attached hydrogens (tertiary/aromatic N) is 2. The topological polar surface area (TPSA) is 128 Å². The van der Waals surface area contributed by atoms with Gasteiger partial charge in [-0.15, -0.1) is 0 Å². The summed E-state index contributed by atoms with van der Waals surface area (Å²) in [6.45, 7) is 0. The molecular weight excluding hydrogens is 505 g/mol. The molecule has 34 heavy (non-hydrogen) atoms. The van der Waals surface area contributed by atoms with Crippen LogP contribution in [0.2, 0.25) is 15.1 Å².